The maximum Gasteiger partial charge on any atom is 0.187 e. The quantitative estimate of drug-likeness (QED) is 0.112. The summed E-state index contributed by atoms with van der Waals surface area (Å²) < 4.78 is 44.3. The molecular formula is C47H78O19. The van der Waals surface area contributed by atoms with Crippen molar-refractivity contribution in [2.45, 2.75) is 228 Å². The zero-order chi connectivity index (χ0) is 48.1. The Morgan fingerprint density at radius 1 is 0.591 bits per heavy atom. The Bertz CT molecular complexity index is 1770. The van der Waals surface area contributed by atoms with E-state index in [1.807, 2.05) is 13.8 Å². The highest BCUT2D eigenvalue weighted by Crippen LogP contribution is 2.89. The monoisotopic (exact) mass is 947 g/mol. The first-order valence-electron chi connectivity index (χ1n) is 24.4. The van der Waals surface area contributed by atoms with Crippen LogP contribution in [0.15, 0.2) is 0 Å². The van der Waals surface area contributed by atoms with E-state index in [1.165, 1.54) is 0 Å². The van der Waals surface area contributed by atoms with Crippen molar-refractivity contribution in [3.05, 3.63) is 0 Å². The van der Waals surface area contributed by atoms with E-state index in [0.717, 1.165) is 25.7 Å². The predicted molar refractivity (Wildman–Crippen MR) is 226 cm³/mol. The lowest BCUT2D eigenvalue weighted by atomic mass is 9.41. The van der Waals surface area contributed by atoms with Gasteiger partial charge in [-0.1, -0.05) is 27.7 Å². The Labute approximate surface area is 386 Å². The first kappa shape index (κ1) is 50.2. The van der Waals surface area contributed by atoms with Crippen LogP contribution < -0.4 is 0 Å². The Kier molecular flexibility index (Phi) is 12.9. The lowest BCUT2D eigenvalue weighted by Gasteiger charge is -2.65. The van der Waals surface area contributed by atoms with Crippen molar-refractivity contribution in [1.29, 1.82) is 0 Å². The van der Waals surface area contributed by atoms with E-state index in [4.69, 9.17) is 33.2 Å². The van der Waals surface area contributed by atoms with E-state index in [2.05, 4.69) is 34.6 Å². The van der Waals surface area contributed by atoms with Gasteiger partial charge in [0.25, 0.3) is 0 Å². The molecule has 5 aliphatic carbocycles. The molecule has 0 aromatic carbocycles. The smallest absolute Gasteiger partial charge is 0.187 e. The number of aliphatic hydroxyl groups excluding tert-OH is 12. The molecule has 0 amide bonds. The SMILES string of the molecule is CC(C)(O[C@@H]1O[C@@H](CO)[C@H](O)[C@H](O)[C@@H]1O)[C@@H]1CC[C@](C)([C@@H]2[C@@H](O)C[C@@]3(C)[C@H]4C[C@H](O[C@H]5O[C@@H](CO)[C@H](O)[C@@H](O)[C@@H]5O)[C@H]5C(C)(C)[C@H](O[C@@H]6OC[C@@H](O)[C@H](O)[C@H]6O)CC[C@@]56C[C@@]46CC[C@]23C)O1. The van der Waals surface area contributed by atoms with Crippen molar-refractivity contribution in [2.24, 2.45) is 44.8 Å². The van der Waals surface area contributed by atoms with Crippen LogP contribution in [-0.4, -0.2) is 203 Å². The summed E-state index contributed by atoms with van der Waals surface area (Å²) in [7, 11) is 0. The summed E-state index contributed by atoms with van der Waals surface area (Å²) in [6, 6.07) is 0. The van der Waals surface area contributed by atoms with Crippen LogP contribution in [0.4, 0.5) is 0 Å². The van der Waals surface area contributed by atoms with Gasteiger partial charge < -0.3 is 94.4 Å². The van der Waals surface area contributed by atoms with Crippen molar-refractivity contribution < 1.29 is 94.4 Å². The predicted octanol–water partition coefficient (Wildman–Crippen LogP) is -1.45. The maximum atomic E-state index is 12.5. The van der Waals surface area contributed by atoms with E-state index in [9.17, 15) is 61.3 Å². The molecule has 0 aromatic rings. The average Bonchev–Trinajstić information content (AvgIpc) is 3.63. The minimum absolute atomic E-state index is 0.00898. The van der Waals surface area contributed by atoms with Gasteiger partial charge in [-0.05, 0) is 117 Å². The second kappa shape index (κ2) is 16.9. The number of hydrogen-bond donors (Lipinski definition) is 12. The van der Waals surface area contributed by atoms with Gasteiger partial charge in [0.2, 0.25) is 0 Å². The van der Waals surface area contributed by atoms with Crippen LogP contribution in [0.25, 0.3) is 0 Å². The molecule has 0 bridgehead atoms. The highest BCUT2D eigenvalue weighted by Gasteiger charge is 2.85. The molecule has 12 N–H and O–H groups in total. The third-order valence-corrected chi connectivity index (χ3v) is 19.9. The number of fused-ring (bicyclic) bond motifs is 2. The van der Waals surface area contributed by atoms with Gasteiger partial charge in [0, 0.05) is 5.92 Å². The number of aliphatic hydroxyl groups is 12. The van der Waals surface area contributed by atoms with Gasteiger partial charge in [-0.15, -0.1) is 0 Å². The van der Waals surface area contributed by atoms with Gasteiger partial charge in [0.05, 0.1) is 55.4 Å². The molecule has 9 rings (SSSR count). The van der Waals surface area contributed by atoms with E-state index in [0.29, 0.717) is 32.1 Å². The Balaban J connectivity index is 1.01. The summed E-state index contributed by atoms with van der Waals surface area (Å²) >= 11 is 0. The molecule has 0 aromatic heterocycles. The molecule has 5 saturated carbocycles. The molecule has 4 aliphatic heterocycles. The summed E-state index contributed by atoms with van der Waals surface area (Å²) in [5, 5.41) is 129. The molecule has 4 heterocycles. The molecule has 66 heavy (non-hydrogen) atoms. The van der Waals surface area contributed by atoms with Crippen molar-refractivity contribution in [2.75, 3.05) is 19.8 Å². The number of hydrogen-bond acceptors (Lipinski definition) is 19. The third kappa shape index (κ3) is 7.22. The van der Waals surface area contributed by atoms with Crippen LogP contribution in [0.1, 0.15) is 106 Å². The number of rotatable bonds is 10. The summed E-state index contributed by atoms with van der Waals surface area (Å²) in [4.78, 5) is 0. The van der Waals surface area contributed by atoms with Crippen LogP contribution in [-0.2, 0) is 33.2 Å². The molecule has 2 spiro atoms. The van der Waals surface area contributed by atoms with Crippen LogP contribution in [0.3, 0.4) is 0 Å². The van der Waals surface area contributed by atoms with Crippen LogP contribution in [0, 0.1) is 44.8 Å². The lowest BCUT2D eigenvalue weighted by molar-refractivity contribution is -0.339. The average molecular weight is 947 g/mol. The first-order chi connectivity index (χ1) is 30.8. The normalized spacial score (nSPS) is 58.0. The van der Waals surface area contributed by atoms with E-state index in [-0.39, 0.29) is 35.2 Å². The van der Waals surface area contributed by atoms with E-state index >= 15 is 0 Å². The van der Waals surface area contributed by atoms with Crippen molar-refractivity contribution in [3.63, 3.8) is 0 Å². The van der Waals surface area contributed by atoms with Gasteiger partial charge in [0.15, 0.2) is 18.9 Å². The summed E-state index contributed by atoms with van der Waals surface area (Å²) in [6.45, 7) is 13.0. The minimum Gasteiger partial charge on any atom is -0.394 e. The van der Waals surface area contributed by atoms with Crippen molar-refractivity contribution in [3.8, 4) is 0 Å². The Morgan fingerprint density at radius 2 is 1.20 bits per heavy atom. The topological polar surface area (TPSA) is 307 Å². The maximum absolute atomic E-state index is 12.5. The van der Waals surface area contributed by atoms with Gasteiger partial charge in [0.1, 0.15) is 67.1 Å². The highest BCUT2D eigenvalue weighted by molar-refractivity contribution is 5.33. The molecule has 9 aliphatic rings. The Hall–Kier alpha value is -0.760. The molecule has 26 atom stereocenters. The first-order valence-corrected chi connectivity index (χ1v) is 24.4. The Morgan fingerprint density at radius 3 is 1.83 bits per heavy atom. The third-order valence-electron chi connectivity index (χ3n) is 19.9. The van der Waals surface area contributed by atoms with E-state index in [1.54, 1.807) is 0 Å². The largest absolute Gasteiger partial charge is 0.394 e. The molecule has 19 nitrogen and oxygen atoms in total. The van der Waals surface area contributed by atoms with Gasteiger partial charge in [-0.2, -0.15) is 0 Å². The number of ether oxygens (including phenoxy) is 7. The fraction of sp³-hybridized carbons (Fsp3) is 1.00. The molecular weight excluding hydrogens is 868 g/mol. The fourth-order valence-electron chi connectivity index (χ4n) is 16.4. The zero-order valence-corrected chi connectivity index (χ0v) is 39.3. The summed E-state index contributed by atoms with van der Waals surface area (Å²) in [5.41, 5.74) is -3.88. The molecule has 0 unspecified atom stereocenters. The van der Waals surface area contributed by atoms with Crippen molar-refractivity contribution >= 4 is 0 Å². The molecule has 0 radical (unpaired) electrons. The molecule has 4 saturated heterocycles. The zero-order valence-electron chi connectivity index (χ0n) is 39.3. The van der Waals surface area contributed by atoms with Crippen LogP contribution >= 0.6 is 0 Å². The standard InChI is InChI=1S/C47H78O19/c1-41(2)26(64-38-33(57)28(52)21(51)18-60-38)9-11-47-19-46(47)13-12-43(5)36(45(7)10-8-27(65-45)42(3,4)66-40-35(59)32(56)30(54)24(17-49)63-40)20(50)15-44(43,6)25(46)14-22(37(41)47)61-39-34(58)31(55)29(53)23(16-48)62-39/h20-40,48-59H,8-19H2,1-7H3/t20-,21+,22-,23-,24-,25+,26+,27-,28-,29-,30-,31+,32-,33+,34-,35-,36+,37-,38-,39-,40-,43+,44-,45+,46-,47+/m0/s1. The highest BCUT2D eigenvalue weighted by atomic mass is 16.7. The van der Waals surface area contributed by atoms with Crippen molar-refractivity contribution in [1.82, 2.24) is 0 Å². The molecule has 9 fully saturated rings. The minimum atomic E-state index is -1.65. The molecule has 380 valence electrons. The second-order valence-corrected chi connectivity index (χ2v) is 23.8. The summed E-state index contributed by atoms with van der Waals surface area (Å²) in [5.74, 6) is -0.523. The second-order valence-electron chi connectivity index (χ2n) is 23.8. The lowest BCUT2D eigenvalue weighted by Crippen LogP contribution is -2.65. The van der Waals surface area contributed by atoms with Crippen LogP contribution in [0.2, 0.25) is 0 Å². The molecule has 19 heteroatoms. The summed E-state index contributed by atoms with van der Waals surface area (Å²) in [6.07, 6.45) is -16.3. The van der Waals surface area contributed by atoms with Gasteiger partial charge >= 0.3 is 0 Å². The van der Waals surface area contributed by atoms with Gasteiger partial charge in [-0.25, -0.2) is 0 Å². The van der Waals surface area contributed by atoms with Gasteiger partial charge in [-0.3, -0.25) is 0 Å². The fourth-order valence-corrected chi connectivity index (χ4v) is 16.4. The van der Waals surface area contributed by atoms with E-state index < -0.39 is 151 Å². The van der Waals surface area contributed by atoms with Crippen LogP contribution in [0.5, 0.6) is 0 Å².